The second-order valence-corrected chi connectivity index (χ2v) is 5.87. The molecule has 0 aliphatic carbocycles. The lowest BCUT2D eigenvalue weighted by molar-refractivity contribution is 0.163. The molecule has 0 spiro atoms. The van der Waals surface area contributed by atoms with Crippen molar-refractivity contribution in [3.05, 3.63) is 20.8 Å². The second-order valence-electron chi connectivity index (χ2n) is 4.01. The Kier molecular flexibility index (Phi) is 5.82. The molecule has 2 atom stereocenters. The van der Waals surface area contributed by atoms with Crippen LogP contribution in [0, 0.1) is 5.92 Å². The zero-order chi connectivity index (χ0) is 11.3. The average Bonchev–Trinajstić information content (AvgIpc) is 2.50. The van der Waals surface area contributed by atoms with E-state index in [1.807, 2.05) is 6.92 Å². The minimum atomic E-state index is -0.199. The molecule has 2 nitrogen and oxygen atoms in total. The predicted octanol–water partition coefficient (Wildman–Crippen LogP) is 3.01. The van der Waals surface area contributed by atoms with Crippen molar-refractivity contribution < 1.29 is 5.11 Å². The molecule has 0 amide bonds. The van der Waals surface area contributed by atoms with E-state index in [4.69, 9.17) is 0 Å². The lowest BCUT2D eigenvalue weighted by Crippen LogP contribution is -2.22. The Morgan fingerprint density at radius 2 is 2.27 bits per heavy atom. The van der Waals surface area contributed by atoms with Crippen LogP contribution >= 0.6 is 27.3 Å². The van der Waals surface area contributed by atoms with E-state index in [9.17, 15) is 5.11 Å². The number of aliphatic hydroxyl groups is 1. The van der Waals surface area contributed by atoms with Crippen LogP contribution in [0.3, 0.4) is 0 Å². The van der Waals surface area contributed by atoms with E-state index in [0.29, 0.717) is 5.92 Å². The molecule has 0 saturated carbocycles. The molecule has 1 aromatic rings. The highest BCUT2D eigenvalue weighted by atomic mass is 79.9. The first kappa shape index (κ1) is 13.2. The predicted molar refractivity (Wildman–Crippen MR) is 69.2 cm³/mol. The van der Waals surface area contributed by atoms with Gasteiger partial charge in [0.15, 0.2) is 0 Å². The van der Waals surface area contributed by atoms with Crippen LogP contribution in [0.25, 0.3) is 0 Å². The normalized spacial score (nSPS) is 15.2. The van der Waals surface area contributed by atoms with Gasteiger partial charge in [-0.3, -0.25) is 0 Å². The van der Waals surface area contributed by atoms with E-state index in [0.717, 1.165) is 19.5 Å². The number of aliphatic hydroxyl groups excluding tert-OH is 1. The summed E-state index contributed by atoms with van der Waals surface area (Å²) in [4.78, 5) is 1.33. The first-order valence-electron chi connectivity index (χ1n) is 5.20. The molecular weight excluding hydrogens is 274 g/mol. The van der Waals surface area contributed by atoms with Gasteiger partial charge in [0.05, 0.1) is 6.10 Å². The lowest BCUT2D eigenvalue weighted by Gasteiger charge is -2.13. The van der Waals surface area contributed by atoms with Crippen molar-refractivity contribution in [3.63, 3.8) is 0 Å². The van der Waals surface area contributed by atoms with Crippen molar-refractivity contribution in [2.75, 3.05) is 6.54 Å². The minimum absolute atomic E-state index is 0.199. The third-order valence-electron chi connectivity index (χ3n) is 2.21. The molecule has 1 aromatic heterocycles. The molecule has 4 heteroatoms. The Hall–Kier alpha value is 0.100. The van der Waals surface area contributed by atoms with Gasteiger partial charge in [0.2, 0.25) is 0 Å². The Bertz CT molecular complexity index is 288. The smallest absolute Gasteiger partial charge is 0.0515 e. The van der Waals surface area contributed by atoms with Gasteiger partial charge in [-0.25, -0.2) is 0 Å². The van der Waals surface area contributed by atoms with Gasteiger partial charge in [-0.1, -0.05) is 6.92 Å². The van der Waals surface area contributed by atoms with Gasteiger partial charge in [-0.05, 0) is 53.2 Å². The number of halogens is 1. The number of hydrogen-bond donors (Lipinski definition) is 2. The maximum Gasteiger partial charge on any atom is 0.0515 e. The zero-order valence-corrected chi connectivity index (χ0v) is 11.6. The average molecular weight is 292 g/mol. The molecule has 0 aromatic carbocycles. The van der Waals surface area contributed by atoms with Crippen LogP contribution in [0.15, 0.2) is 15.9 Å². The van der Waals surface area contributed by atoms with Crippen LogP contribution in [-0.2, 0) is 6.54 Å². The van der Waals surface area contributed by atoms with Gasteiger partial charge >= 0.3 is 0 Å². The van der Waals surface area contributed by atoms with Crippen LogP contribution in [-0.4, -0.2) is 17.8 Å². The largest absolute Gasteiger partial charge is 0.393 e. The molecule has 1 rings (SSSR count). The van der Waals surface area contributed by atoms with Crippen molar-refractivity contribution in [2.24, 2.45) is 5.92 Å². The number of rotatable bonds is 6. The summed E-state index contributed by atoms with van der Waals surface area (Å²) >= 11 is 5.26. The van der Waals surface area contributed by atoms with E-state index in [1.165, 1.54) is 9.35 Å². The monoisotopic (exact) mass is 291 g/mol. The molecule has 0 radical (unpaired) electrons. The van der Waals surface area contributed by atoms with Gasteiger partial charge < -0.3 is 10.4 Å². The summed E-state index contributed by atoms with van der Waals surface area (Å²) in [5, 5.41) is 14.7. The summed E-state index contributed by atoms with van der Waals surface area (Å²) in [6.45, 7) is 5.85. The summed E-state index contributed by atoms with van der Waals surface area (Å²) in [6, 6.07) is 2.07. The van der Waals surface area contributed by atoms with Crippen LogP contribution in [0.2, 0.25) is 0 Å². The highest BCUT2D eigenvalue weighted by Crippen LogP contribution is 2.22. The molecule has 0 aliphatic heterocycles. The summed E-state index contributed by atoms with van der Waals surface area (Å²) in [7, 11) is 0. The topological polar surface area (TPSA) is 32.3 Å². The van der Waals surface area contributed by atoms with E-state index >= 15 is 0 Å². The molecule has 2 unspecified atom stereocenters. The summed E-state index contributed by atoms with van der Waals surface area (Å²) in [6.07, 6.45) is 0.661. The van der Waals surface area contributed by atoms with Crippen molar-refractivity contribution in [1.82, 2.24) is 5.32 Å². The fraction of sp³-hybridized carbons (Fsp3) is 0.636. The van der Waals surface area contributed by atoms with Crippen molar-refractivity contribution in [3.8, 4) is 0 Å². The second kappa shape index (κ2) is 6.63. The molecule has 0 aliphatic rings. The summed E-state index contributed by atoms with van der Waals surface area (Å²) in [5.74, 6) is 0.517. The highest BCUT2D eigenvalue weighted by Gasteiger charge is 2.06. The Labute approximate surface area is 104 Å². The van der Waals surface area contributed by atoms with Crippen LogP contribution in [0.1, 0.15) is 25.1 Å². The maximum absolute atomic E-state index is 9.22. The minimum Gasteiger partial charge on any atom is -0.393 e. The Morgan fingerprint density at radius 1 is 1.53 bits per heavy atom. The van der Waals surface area contributed by atoms with E-state index < -0.39 is 0 Å². The van der Waals surface area contributed by atoms with E-state index in [-0.39, 0.29) is 6.10 Å². The molecular formula is C11H18BrNOS. The van der Waals surface area contributed by atoms with Crippen LogP contribution in [0.5, 0.6) is 0 Å². The van der Waals surface area contributed by atoms with Gasteiger partial charge in [-0.15, -0.1) is 11.3 Å². The standard InChI is InChI=1S/C11H18BrNOS/c1-8(5-9(2)14)6-13-7-11-10(12)3-4-15-11/h3-4,8-9,13-14H,5-7H2,1-2H3. The maximum atomic E-state index is 9.22. The molecule has 1 heterocycles. The highest BCUT2D eigenvalue weighted by molar-refractivity contribution is 9.10. The molecule has 0 fully saturated rings. The van der Waals surface area contributed by atoms with E-state index in [2.05, 4.69) is 39.6 Å². The summed E-state index contributed by atoms with van der Waals surface area (Å²) in [5.41, 5.74) is 0. The quantitative estimate of drug-likeness (QED) is 0.845. The number of nitrogens with one attached hydrogen (secondary N) is 1. The van der Waals surface area contributed by atoms with E-state index in [1.54, 1.807) is 11.3 Å². The number of thiophene rings is 1. The Morgan fingerprint density at radius 3 is 2.80 bits per heavy atom. The molecule has 86 valence electrons. The van der Waals surface area contributed by atoms with Crippen molar-refractivity contribution in [1.29, 1.82) is 0 Å². The van der Waals surface area contributed by atoms with Crippen molar-refractivity contribution in [2.45, 2.75) is 32.9 Å². The van der Waals surface area contributed by atoms with Gasteiger partial charge in [0, 0.05) is 15.9 Å². The first-order valence-corrected chi connectivity index (χ1v) is 6.87. The van der Waals surface area contributed by atoms with Gasteiger partial charge in [-0.2, -0.15) is 0 Å². The third kappa shape index (κ3) is 5.11. The van der Waals surface area contributed by atoms with Gasteiger partial charge in [0.25, 0.3) is 0 Å². The molecule has 2 N–H and O–H groups in total. The summed E-state index contributed by atoms with van der Waals surface area (Å²) < 4.78 is 1.18. The molecule has 0 bridgehead atoms. The molecule has 0 saturated heterocycles. The zero-order valence-electron chi connectivity index (χ0n) is 9.16. The van der Waals surface area contributed by atoms with Crippen LogP contribution in [0.4, 0.5) is 0 Å². The fourth-order valence-corrected chi connectivity index (χ4v) is 3.01. The molecule has 15 heavy (non-hydrogen) atoms. The number of hydrogen-bond acceptors (Lipinski definition) is 3. The third-order valence-corrected chi connectivity index (χ3v) is 4.14. The fourth-order valence-electron chi connectivity index (χ4n) is 1.55. The van der Waals surface area contributed by atoms with Crippen LogP contribution < -0.4 is 5.32 Å². The van der Waals surface area contributed by atoms with Gasteiger partial charge in [0.1, 0.15) is 0 Å². The van der Waals surface area contributed by atoms with Crippen molar-refractivity contribution >= 4 is 27.3 Å². The lowest BCUT2D eigenvalue weighted by atomic mass is 10.1. The Balaban J connectivity index is 2.19. The SMILES string of the molecule is CC(O)CC(C)CNCc1sccc1Br. The first-order chi connectivity index (χ1) is 7.09.